The monoisotopic (exact) mass is 382 g/mol. The van der Waals surface area contributed by atoms with Gasteiger partial charge in [-0.3, -0.25) is 14.5 Å². The molecule has 1 saturated heterocycles. The standard InChI is InChI=1S/C14H14N4O5S2/c1-6-3-25-13-9(12(20)18(13)10(6)14(21)22)16-11(19)8(17-23-2)7-4-24-5-15-7/h4-5,9,13H,3H2,1-2H3,(H,16,19)(H,21,22)/b17-8+/t9-,13-/m1/s1. The topological polar surface area (TPSA) is 121 Å². The number of carbonyl (C=O) groups is 3. The van der Waals surface area contributed by atoms with Gasteiger partial charge in [0.1, 0.15) is 29.9 Å². The molecule has 2 aliphatic heterocycles. The number of carboxylic acid groups (broad SMARTS) is 1. The molecule has 2 N–H and O–H groups in total. The van der Waals surface area contributed by atoms with E-state index in [0.29, 0.717) is 17.0 Å². The summed E-state index contributed by atoms with van der Waals surface area (Å²) in [6, 6.07) is -0.819. The molecular weight excluding hydrogens is 368 g/mol. The third-order valence-corrected chi connectivity index (χ3v) is 5.73. The molecule has 0 unspecified atom stereocenters. The fraction of sp³-hybridized carbons (Fsp3) is 0.357. The highest BCUT2D eigenvalue weighted by molar-refractivity contribution is 8.00. The minimum Gasteiger partial charge on any atom is -0.477 e. The lowest BCUT2D eigenvalue weighted by molar-refractivity contribution is -0.150. The molecule has 0 aromatic carbocycles. The largest absolute Gasteiger partial charge is 0.477 e. The number of hydrogen-bond donors (Lipinski definition) is 2. The van der Waals surface area contributed by atoms with Crippen LogP contribution >= 0.6 is 23.1 Å². The maximum Gasteiger partial charge on any atom is 0.352 e. The number of thioether (sulfide) groups is 1. The first-order chi connectivity index (χ1) is 12.0. The van der Waals surface area contributed by atoms with Crippen LogP contribution in [0.2, 0.25) is 0 Å². The average molecular weight is 382 g/mol. The van der Waals surface area contributed by atoms with Gasteiger partial charge in [0.15, 0.2) is 5.71 Å². The minimum absolute atomic E-state index is 0.00969. The molecule has 25 heavy (non-hydrogen) atoms. The number of carbonyl (C=O) groups excluding carboxylic acids is 2. The number of fused-ring (bicyclic) bond motifs is 1. The van der Waals surface area contributed by atoms with E-state index in [1.165, 1.54) is 35.1 Å². The van der Waals surface area contributed by atoms with Gasteiger partial charge >= 0.3 is 5.97 Å². The Hall–Kier alpha value is -2.40. The molecular formula is C14H14N4O5S2. The van der Waals surface area contributed by atoms with Gasteiger partial charge in [-0.05, 0) is 12.5 Å². The first-order valence-corrected chi connectivity index (χ1v) is 9.13. The zero-order chi connectivity index (χ0) is 18.1. The van der Waals surface area contributed by atoms with Crippen LogP contribution in [0.25, 0.3) is 0 Å². The first kappa shape index (κ1) is 17.4. The van der Waals surface area contributed by atoms with Crippen LogP contribution in [0, 0.1) is 0 Å². The molecule has 0 radical (unpaired) electrons. The van der Waals surface area contributed by atoms with E-state index in [0.717, 1.165) is 0 Å². The molecule has 3 rings (SSSR count). The zero-order valence-corrected chi connectivity index (χ0v) is 14.9. The average Bonchev–Trinajstić information content (AvgIpc) is 3.10. The van der Waals surface area contributed by atoms with E-state index in [1.807, 2.05) is 0 Å². The van der Waals surface area contributed by atoms with E-state index in [-0.39, 0.29) is 11.4 Å². The van der Waals surface area contributed by atoms with Crippen molar-refractivity contribution in [3.05, 3.63) is 27.9 Å². The Labute approximate surface area is 150 Å². The molecule has 132 valence electrons. The lowest BCUT2D eigenvalue weighted by Crippen LogP contribution is -2.71. The van der Waals surface area contributed by atoms with E-state index in [4.69, 9.17) is 0 Å². The Morgan fingerprint density at radius 1 is 1.52 bits per heavy atom. The molecule has 0 saturated carbocycles. The number of hydrogen-bond acceptors (Lipinski definition) is 8. The van der Waals surface area contributed by atoms with Crippen molar-refractivity contribution < 1.29 is 24.3 Å². The van der Waals surface area contributed by atoms with Gasteiger partial charge in [0.05, 0.1) is 5.51 Å². The van der Waals surface area contributed by atoms with Gasteiger partial charge in [-0.15, -0.1) is 23.1 Å². The maximum absolute atomic E-state index is 12.5. The molecule has 2 atom stereocenters. The van der Waals surface area contributed by atoms with Crippen LogP contribution in [0.15, 0.2) is 27.3 Å². The summed E-state index contributed by atoms with van der Waals surface area (Å²) in [6.45, 7) is 1.68. The van der Waals surface area contributed by atoms with Crippen LogP contribution in [0.4, 0.5) is 0 Å². The molecule has 0 bridgehead atoms. The molecule has 3 heterocycles. The summed E-state index contributed by atoms with van der Waals surface area (Å²) in [7, 11) is 1.31. The van der Waals surface area contributed by atoms with Gasteiger partial charge in [-0.1, -0.05) is 5.16 Å². The van der Waals surface area contributed by atoms with E-state index < -0.39 is 29.2 Å². The number of carboxylic acids is 1. The molecule has 1 aromatic rings. The summed E-state index contributed by atoms with van der Waals surface area (Å²) >= 11 is 2.70. The number of aliphatic carboxylic acids is 1. The fourth-order valence-electron chi connectivity index (χ4n) is 2.61. The molecule has 1 fully saturated rings. The van der Waals surface area contributed by atoms with Crippen molar-refractivity contribution in [2.45, 2.75) is 18.3 Å². The van der Waals surface area contributed by atoms with Crippen LogP contribution < -0.4 is 5.32 Å². The maximum atomic E-state index is 12.5. The van der Waals surface area contributed by atoms with Gasteiger partial charge in [0.25, 0.3) is 11.8 Å². The second-order valence-electron chi connectivity index (χ2n) is 5.29. The van der Waals surface area contributed by atoms with E-state index in [1.54, 1.807) is 17.8 Å². The fourth-order valence-corrected chi connectivity index (χ4v) is 4.44. The van der Waals surface area contributed by atoms with Crippen LogP contribution in [-0.2, 0) is 19.2 Å². The number of aromatic nitrogens is 1. The van der Waals surface area contributed by atoms with Crippen molar-refractivity contribution >= 4 is 46.6 Å². The number of nitrogens with one attached hydrogen (secondary N) is 1. The van der Waals surface area contributed by atoms with E-state index in [9.17, 15) is 19.5 Å². The summed E-state index contributed by atoms with van der Waals surface area (Å²) in [6.07, 6.45) is 0. The van der Waals surface area contributed by atoms with Gasteiger partial charge < -0.3 is 15.3 Å². The number of oxime groups is 1. The highest BCUT2D eigenvalue weighted by atomic mass is 32.2. The molecule has 11 heteroatoms. The van der Waals surface area contributed by atoms with Crippen molar-refractivity contribution in [2.24, 2.45) is 5.16 Å². The highest BCUT2D eigenvalue weighted by Crippen LogP contribution is 2.40. The van der Waals surface area contributed by atoms with Gasteiger partial charge in [0.2, 0.25) is 0 Å². The van der Waals surface area contributed by atoms with Crippen LogP contribution in [-0.4, -0.2) is 62.8 Å². The Kier molecular flexibility index (Phi) is 4.77. The predicted molar refractivity (Wildman–Crippen MR) is 91.0 cm³/mol. The molecule has 0 aliphatic carbocycles. The third kappa shape index (κ3) is 3.00. The number of rotatable bonds is 5. The number of amides is 2. The van der Waals surface area contributed by atoms with Gasteiger partial charge in [-0.2, -0.15) is 0 Å². The summed E-state index contributed by atoms with van der Waals surface area (Å²) in [5.41, 5.74) is 2.46. The van der Waals surface area contributed by atoms with Crippen molar-refractivity contribution in [3.63, 3.8) is 0 Å². The van der Waals surface area contributed by atoms with Crippen molar-refractivity contribution in [1.29, 1.82) is 0 Å². The summed E-state index contributed by atoms with van der Waals surface area (Å²) in [4.78, 5) is 46.1. The number of nitrogens with zero attached hydrogens (tertiary/aromatic N) is 3. The normalized spacial score (nSPS) is 23.0. The zero-order valence-electron chi connectivity index (χ0n) is 13.3. The number of thiazole rings is 1. The Morgan fingerprint density at radius 3 is 2.88 bits per heavy atom. The predicted octanol–water partition coefficient (Wildman–Crippen LogP) is 0.252. The molecule has 2 aliphatic rings. The van der Waals surface area contributed by atoms with Gasteiger partial charge in [0, 0.05) is 11.1 Å². The Balaban J connectivity index is 1.77. The van der Waals surface area contributed by atoms with Crippen molar-refractivity contribution in [3.8, 4) is 0 Å². The van der Waals surface area contributed by atoms with Crippen molar-refractivity contribution in [2.75, 3.05) is 12.9 Å². The SMILES string of the molecule is CO/N=C(/C(=O)N[C@@H]1C(=O)N2C(C(=O)O)=C(C)CS[C@H]12)c1cscn1. The lowest BCUT2D eigenvalue weighted by atomic mass is 10.0. The van der Waals surface area contributed by atoms with Crippen molar-refractivity contribution in [1.82, 2.24) is 15.2 Å². The molecule has 0 spiro atoms. The third-order valence-electron chi connectivity index (χ3n) is 3.72. The second-order valence-corrected chi connectivity index (χ2v) is 7.11. The van der Waals surface area contributed by atoms with Crippen LogP contribution in [0.3, 0.4) is 0 Å². The first-order valence-electron chi connectivity index (χ1n) is 7.14. The summed E-state index contributed by atoms with van der Waals surface area (Å²) in [5.74, 6) is -1.73. The quantitative estimate of drug-likeness (QED) is 0.425. The molecule has 2 amide bonds. The van der Waals surface area contributed by atoms with E-state index >= 15 is 0 Å². The van der Waals surface area contributed by atoms with Crippen LogP contribution in [0.5, 0.6) is 0 Å². The van der Waals surface area contributed by atoms with Gasteiger partial charge in [-0.25, -0.2) is 9.78 Å². The molecule has 1 aromatic heterocycles. The smallest absolute Gasteiger partial charge is 0.352 e. The molecule has 9 nitrogen and oxygen atoms in total. The number of β-lactam (4-membered cyclic amide) rings is 1. The second kappa shape index (κ2) is 6.84. The minimum atomic E-state index is -1.15. The lowest BCUT2D eigenvalue weighted by Gasteiger charge is -2.49. The Bertz CT molecular complexity index is 789. The summed E-state index contributed by atoms with van der Waals surface area (Å²) < 4.78 is 0. The Morgan fingerprint density at radius 2 is 2.28 bits per heavy atom. The van der Waals surface area contributed by atoms with Crippen LogP contribution in [0.1, 0.15) is 12.6 Å². The summed E-state index contributed by atoms with van der Waals surface area (Å²) in [5, 5.41) is 16.8. The highest BCUT2D eigenvalue weighted by Gasteiger charge is 2.54. The van der Waals surface area contributed by atoms with E-state index in [2.05, 4.69) is 20.3 Å².